The smallest absolute Gasteiger partial charge is 0.338 e. The molecule has 0 atom stereocenters. The molecule has 110 valence electrons. The second-order valence-corrected chi connectivity index (χ2v) is 10.9. The van der Waals surface area contributed by atoms with Crippen molar-refractivity contribution in [2.45, 2.75) is 38.9 Å². The molecule has 0 saturated heterocycles. The summed E-state index contributed by atoms with van der Waals surface area (Å²) in [4.78, 5) is 22.6. The predicted octanol–water partition coefficient (Wildman–Crippen LogP) is 3.67. The van der Waals surface area contributed by atoms with Crippen LogP contribution in [0.2, 0.25) is 18.1 Å². The molecule has 4 nitrogen and oxygen atoms in total. The summed E-state index contributed by atoms with van der Waals surface area (Å²) in [5, 5.41) is 0.0648. The summed E-state index contributed by atoms with van der Waals surface area (Å²) in [5.74, 6) is 0.0947. The SMILES string of the molecule is COC(=O)c1ccc(O[Si](C)(C)C(C)(C)C)cc1C=O. The summed E-state index contributed by atoms with van der Waals surface area (Å²) in [6, 6.07) is 4.87. The molecule has 1 aromatic rings. The fourth-order valence-corrected chi connectivity index (χ4v) is 2.47. The normalized spacial score (nSPS) is 11.9. The number of benzene rings is 1. The van der Waals surface area contributed by atoms with E-state index in [2.05, 4.69) is 38.6 Å². The van der Waals surface area contributed by atoms with Crippen LogP contribution >= 0.6 is 0 Å². The van der Waals surface area contributed by atoms with Gasteiger partial charge in [0.05, 0.1) is 12.7 Å². The van der Waals surface area contributed by atoms with Gasteiger partial charge in [-0.2, -0.15) is 0 Å². The van der Waals surface area contributed by atoms with E-state index in [1.54, 1.807) is 18.2 Å². The zero-order valence-electron chi connectivity index (χ0n) is 12.9. The molecule has 20 heavy (non-hydrogen) atoms. The molecule has 1 rings (SSSR count). The first kappa shape index (κ1) is 16.4. The van der Waals surface area contributed by atoms with Gasteiger partial charge in [-0.25, -0.2) is 4.79 Å². The Morgan fingerprint density at radius 2 is 1.85 bits per heavy atom. The summed E-state index contributed by atoms with van der Waals surface area (Å²) in [6.45, 7) is 10.7. The van der Waals surface area contributed by atoms with Crippen molar-refractivity contribution in [3.63, 3.8) is 0 Å². The number of methoxy groups -OCH3 is 1. The molecule has 0 fully saturated rings. The Kier molecular flexibility index (Phi) is 4.75. The molecule has 0 aliphatic heterocycles. The number of ether oxygens (including phenoxy) is 1. The minimum atomic E-state index is -1.97. The summed E-state index contributed by atoms with van der Waals surface area (Å²) >= 11 is 0. The quantitative estimate of drug-likeness (QED) is 0.483. The molecule has 0 N–H and O–H groups in total. The maximum absolute atomic E-state index is 11.5. The predicted molar refractivity (Wildman–Crippen MR) is 81.0 cm³/mol. The van der Waals surface area contributed by atoms with Crippen molar-refractivity contribution < 1.29 is 18.8 Å². The largest absolute Gasteiger partial charge is 0.543 e. The molecule has 0 radical (unpaired) electrons. The highest BCUT2D eigenvalue weighted by atomic mass is 28.4. The van der Waals surface area contributed by atoms with E-state index in [4.69, 9.17) is 4.43 Å². The monoisotopic (exact) mass is 294 g/mol. The molecule has 5 heteroatoms. The number of carbonyl (C=O) groups is 2. The lowest BCUT2D eigenvalue weighted by Gasteiger charge is -2.36. The topological polar surface area (TPSA) is 52.6 Å². The van der Waals surface area contributed by atoms with Crippen LogP contribution in [0.4, 0.5) is 0 Å². The third-order valence-corrected chi connectivity index (χ3v) is 8.09. The first-order valence-corrected chi connectivity index (χ1v) is 9.40. The Bertz CT molecular complexity index is 515. The van der Waals surface area contributed by atoms with Crippen molar-refractivity contribution in [1.29, 1.82) is 0 Å². The maximum atomic E-state index is 11.5. The van der Waals surface area contributed by atoms with Crippen LogP contribution < -0.4 is 4.43 Å². The van der Waals surface area contributed by atoms with Crippen LogP contribution in [0.5, 0.6) is 5.75 Å². The van der Waals surface area contributed by atoms with Crippen molar-refractivity contribution in [1.82, 2.24) is 0 Å². The van der Waals surface area contributed by atoms with E-state index in [0.717, 1.165) is 0 Å². The first-order valence-electron chi connectivity index (χ1n) is 6.49. The maximum Gasteiger partial charge on any atom is 0.338 e. The van der Waals surface area contributed by atoms with Gasteiger partial charge in [0, 0.05) is 5.56 Å². The number of esters is 1. The Balaban J connectivity index is 3.12. The van der Waals surface area contributed by atoms with Gasteiger partial charge in [0.2, 0.25) is 8.32 Å². The number of aldehydes is 1. The number of carbonyl (C=O) groups excluding carboxylic acids is 2. The number of rotatable bonds is 4. The first-order chi connectivity index (χ1) is 9.12. The van der Waals surface area contributed by atoms with Gasteiger partial charge in [0.15, 0.2) is 6.29 Å². The fraction of sp³-hybridized carbons (Fsp3) is 0.467. The summed E-state index contributed by atoms with van der Waals surface area (Å²) in [5.41, 5.74) is 0.540. The number of hydrogen-bond acceptors (Lipinski definition) is 4. The Labute approximate surface area is 121 Å². The zero-order chi connectivity index (χ0) is 15.6. The molecular weight excluding hydrogens is 272 g/mol. The standard InChI is InChI=1S/C15H22O4Si/c1-15(2,3)20(5,6)19-12-7-8-13(14(17)18-4)11(9-12)10-16/h7-10H,1-6H3. The lowest BCUT2D eigenvalue weighted by Crippen LogP contribution is -2.43. The highest BCUT2D eigenvalue weighted by molar-refractivity contribution is 6.74. The van der Waals surface area contributed by atoms with Gasteiger partial charge in [0.25, 0.3) is 0 Å². The van der Waals surface area contributed by atoms with Gasteiger partial charge in [-0.3, -0.25) is 4.79 Å². The number of hydrogen-bond donors (Lipinski definition) is 0. The van der Waals surface area contributed by atoms with Gasteiger partial charge < -0.3 is 9.16 Å². The van der Waals surface area contributed by atoms with Crippen molar-refractivity contribution in [2.75, 3.05) is 7.11 Å². The van der Waals surface area contributed by atoms with Crippen molar-refractivity contribution in [3.05, 3.63) is 29.3 Å². The fourth-order valence-electron chi connectivity index (χ4n) is 1.45. The van der Waals surface area contributed by atoms with E-state index in [0.29, 0.717) is 12.0 Å². The molecule has 1 aromatic carbocycles. The second-order valence-electron chi connectivity index (χ2n) is 6.22. The van der Waals surface area contributed by atoms with Crippen molar-refractivity contribution in [2.24, 2.45) is 0 Å². The van der Waals surface area contributed by atoms with E-state index < -0.39 is 14.3 Å². The lowest BCUT2D eigenvalue weighted by atomic mass is 10.1. The summed E-state index contributed by atoms with van der Waals surface area (Å²) in [6.07, 6.45) is 0.644. The molecule has 0 amide bonds. The summed E-state index contributed by atoms with van der Waals surface area (Å²) < 4.78 is 10.7. The van der Waals surface area contributed by atoms with Gasteiger partial charge in [-0.1, -0.05) is 20.8 Å². The van der Waals surface area contributed by atoms with Crippen LogP contribution in [0, 0.1) is 0 Å². The Morgan fingerprint density at radius 1 is 1.25 bits per heavy atom. The van der Waals surface area contributed by atoms with Gasteiger partial charge >= 0.3 is 5.97 Å². The van der Waals surface area contributed by atoms with Gasteiger partial charge in [0.1, 0.15) is 5.75 Å². The third kappa shape index (κ3) is 3.48. The van der Waals surface area contributed by atoms with E-state index >= 15 is 0 Å². The molecule has 0 aromatic heterocycles. The van der Waals surface area contributed by atoms with E-state index in [1.165, 1.54) is 7.11 Å². The third-order valence-electron chi connectivity index (χ3n) is 3.73. The van der Waals surface area contributed by atoms with Crippen LogP contribution in [0.3, 0.4) is 0 Å². The summed E-state index contributed by atoms with van der Waals surface area (Å²) in [7, 11) is -0.678. The minimum absolute atomic E-state index is 0.0648. The van der Waals surface area contributed by atoms with E-state index in [9.17, 15) is 9.59 Å². The average molecular weight is 294 g/mol. The van der Waals surface area contributed by atoms with Crippen LogP contribution in [0.15, 0.2) is 18.2 Å². The molecule has 0 saturated carbocycles. The lowest BCUT2D eigenvalue weighted by molar-refractivity contribution is 0.0598. The Morgan fingerprint density at radius 3 is 2.30 bits per heavy atom. The highest BCUT2D eigenvalue weighted by Crippen LogP contribution is 2.37. The molecule has 0 spiro atoms. The molecule has 0 heterocycles. The molecule has 0 unspecified atom stereocenters. The van der Waals surface area contributed by atoms with Crippen molar-refractivity contribution >= 4 is 20.6 Å². The Hall–Kier alpha value is -1.62. The zero-order valence-corrected chi connectivity index (χ0v) is 13.9. The average Bonchev–Trinajstić information content (AvgIpc) is 2.35. The van der Waals surface area contributed by atoms with Gasteiger partial charge in [-0.05, 0) is 36.3 Å². The molecular formula is C15H22O4Si. The van der Waals surface area contributed by atoms with Crippen LogP contribution in [0.25, 0.3) is 0 Å². The van der Waals surface area contributed by atoms with Crippen LogP contribution in [-0.2, 0) is 4.74 Å². The van der Waals surface area contributed by atoms with Gasteiger partial charge in [-0.15, -0.1) is 0 Å². The molecule has 0 aliphatic rings. The van der Waals surface area contributed by atoms with E-state index in [1.807, 2.05) is 0 Å². The second kappa shape index (κ2) is 5.79. The highest BCUT2D eigenvalue weighted by Gasteiger charge is 2.39. The molecule has 0 aliphatic carbocycles. The molecule has 0 bridgehead atoms. The van der Waals surface area contributed by atoms with Crippen LogP contribution in [-0.4, -0.2) is 27.7 Å². The van der Waals surface area contributed by atoms with Crippen molar-refractivity contribution in [3.8, 4) is 5.75 Å². The van der Waals surface area contributed by atoms with Crippen LogP contribution in [0.1, 0.15) is 41.5 Å². The van der Waals surface area contributed by atoms with E-state index in [-0.39, 0.29) is 16.2 Å². The minimum Gasteiger partial charge on any atom is -0.543 e.